The van der Waals surface area contributed by atoms with Crippen molar-refractivity contribution in [1.82, 2.24) is 0 Å². The molecule has 10 heavy (non-hydrogen) atoms. The van der Waals surface area contributed by atoms with Crippen molar-refractivity contribution in [2.45, 2.75) is 6.92 Å². The molecule has 2 nitrogen and oxygen atoms in total. The Hall–Kier alpha value is -0.540. The molecule has 0 atom stereocenters. The predicted octanol–water partition coefficient (Wildman–Crippen LogP) is 1.07. The smallest absolute Gasteiger partial charge is 0.0964 e. The van der Waals surface area contributed by atoms with Gasteiger partial charge in [0.2, 0.25) is 0 Å². The molecule has 0 amide bonds. The van der Waals surface area contributed by atoms with Crippen LogP contribution < -0.4 is 5.11 Å². The van der Waals surface area contributed by atoms with Gasteiger partial charge in [-0.3, -0.25) is 0 Å². The molecular weight excluding hydrogens is 172 g/mol. The number of aromatic carboxylic acids is 1. The number of carbonyl (C=O) groups excluding carboxylic acids is 1. The van der Waals surface area contributed by atoms with Crippen LogP contribution in [0.1, 0.15) is 15.2 Å². The summed E-state index contributed by atoms with van der Waals surface area (Å²) in [6.45, 7) is 1.76. The summed E-state index contributed by atoms with van der Waals surface area (Å²) in [5.41, 5.74) is 0.783. The molecule has 1 aromatic rings. The summed E-state index contributed by atoms with van der Waals surface area (Å²) in [6, 6.07) is 1.50. The highest BCUT2D eigenvalue weighted by atomic mass is 35.5. The molecule has 0 unspecified atom stereocenters. The Bertz CT molecular complexity index is 247. The average Bonchev–Trinajstić information content (AvgIpc) is 2.13. The van der Waals surface area contributed by atoms with Gasteiger partial charge in [-0.1, -0.05) is 11.6 Å². The molecule has 0 fully saturated rings. The van der Waals surface area contributed by atoms with Crippen LogP contribution in [-0.4, -0.2) is 5.97 Å². The molecule has 0 bridgehead atoms. The van der Waals surface area contributed by atoms with Gasteiger partial charge in [0.1, 0.15) is 0 Å². The first-order valence-corrected chi connectivity index (χ1v) is 3.78. The lowest BCUT2D eigenvalue weighted by molar-refractivity contribution is -0.254. The van der Waals surface area contributed by atoms with Gasteiger partial charge < -0.3 is 9.90 Å². The number of thiophene rings is 1. The molecule has 0 saturated heterocycles. The molecule has 1 rings (SSSR count). The molecule has 0 radical (unpaired) electrons. The van der Waals surface area contributed by atoms with Crippen molar-refractivity contribution in [3.05, 3.63) is 20.8 Å². The maximum Gasteiger partial charge on any atom is 0.0964 e. The number of carboxylic acids is 1. The third-order valence-corrected chi connectivity index (χ3v) is 2.59. The van der Waals surface area contributed by atoms with E-state index in [0.29, 0.717) is 4.34 Å². The molecule has 0 aliphatic heterocycles. The Morgan fingerprint density at radius 3 is 2.60 bits per heavy atom. The van der Waals surface area contributed by atoms with Crippen molar-refractivity contribution in [3.63, 3.8) is 0 Å². The Morgan fingerprint density at radius 2 is 2.40 bits per heavy atom. The third kappa shape index (κ3) is 1.30. The van der Waals surface area contributed by atoms with Crippen LogP contribution in [0, 0.1) is 6.92 Å². The van der Waals surface area contributed by atoms with E-state index in [1.165, 1.54) is 6.07 Å². The summed E-state index contributed by atoms with van der Waals surface area (Å²) in [6.07, 6.45) is 0. The number of carbonyl (C=O) groups is 1. The zero-order valence-electron chi connectivity index (χ0n) is 5.18. The van der Waals surface area contributed by atoms with Crippen LogP contribution in [0.4, 0.5) is 0 Å². The molecule has 0 aliphatic rings. The van der Waals surface area contributed by atoms with E-state index in [2.05, 4.69) is 0 Å². The Labute approximate surface area is 67.1 Å². The Morgan fingerprint density at radius 1 is 1.80 bits per heavy atom. The van der Waals surface area contributed by atoms with E-state index in [-0.39, 0.29) is 4.88 Å². The Kier molecular flexibility index (Phi) is 1.97. The molecule has 0 aromatic carbocycles. The van der Waals surface area contributed by atoms with Gasteiger partial charge in [-0.05, 0) is 18.6 Å². The van der Waals surface area contributed by atoms with Crippen LogP contribution in [0.3, 0.4) is 0 Å². The van der Waals surface area contributed by atoms with Gasteiger partial charge in [0, 0.05) is 0 Å². The van der Waals surface area contributed by atoms with E-state index in [0.717, 1.165) is 16.9 Å². The summed E-state index contributed by atoms with van der Waals surface area (Å²) in [7, 11) is 0. The van der Waals surface area contributed by atoms with Gasteiger partial charge in [-0.2, -0.15) is 0 Å². The second-order valence-corrected chi connectivity index (χ2v) is 3.51. The van der Waals surface area contributed by atoms with Gasteiger partial charge in [-0.15, -0.1) is 11.3 Å². The topological polar surface area (TPSA) is 40.1 Å². The largest absolute Gasteiger partial charge is 0.544 e. The molecule has 0 N–H and O–H groups in total. The summed E-state index contributed by atoms with van der Waals surface area (Å²) < 4.78 is 0.513. The third-order valence-electron chi connectivity index (χ3n) is 1.06. The molecule has 0 saturated carbocycles. The van der Waals surface area contributed by atoms with Crippen LogP contribution in [0.25, 0.3) is 0 Å². The van der Waals surface area contributed by atoms with Gasteiger partial charge in [0.05, 0.1) is 15.2 Å². The normalized spacial score (nSPS) is 9.80. The first kappa shape index (κ1) is 7.57. The lowest BCUT2D eigenvalue weighted by atomic mass is 10.3. The zero-order valence-corrected chi connectivity index (χ0v) is 6.75. The van der Waals surface area contributed by atoms with Gasteiger partial charge >= 0.3 is 0 Å². The van der Waals surface area contributed by atoms with E-state index < -0.39 is 5.97 Å². The predicted molar refractivity (Wildman–Crippen MR) is 38.4 cm³/mol. The van der Waals surface area contributed by atoms with Crippen molar-refractivity contribution < 1.29 is 9.90 Å². The molecule has 1 heterocycles. The van der Waals surface area contributed by atoms with E-state index in [1.54, 1.807) is 6.92 Å². The number of hydrogen-bond acceptors (Lipinski definition) is 3. The highest BCUT2D eigenvalue weighted by molar-refractivity contribution is 7.18. The van der Waals surface area contributed by atoms with Crippen LogP contribution in [-0.2, 0) is 0 Å². The van der Waals surface area contributed by atoms with E-state index >= 15 is 0 Å². The summed E-state index contributed by atoms with van der Waals surface area (Å²) >= 11 is 6.63. The standard InChI is InChI=1S/C6H5ClO2S/c1-3-2-4(6(8)9)10-5(3)7/h2H,1H3,(H,8,9)/p-1. The summed E-state index contributed by atoms with van der Waals surface area (Å²) in [5.74, 6) is -1.17. The summed E-state index contributed by atoms with van der Waals surface area (Å²) in [5, 5.41) is 10.2. The molecular formula is C6H4ClO2S-. The number of rotatable bonds is 1. The molecule has 0 spiro atoms. The van der Waals surface area contributed by atoms with Gasteiger partial charge in [0.15, 0.2) is 0 Å². The molecule has 0 aliphatic carbocycles. The number of carboxylic acid groups (broad SMARTS) is 1. The second-order valence-electron chi connectivity index (χ2n) is 1.85. The first-order valence-electron chi connectivity index (χ1n) is 2.58. The second kappa shape index (κ2) is 2.60. The number of hydrogen-bond donors (Lipinski definition) is 0. The SMILES string of the molecule is Cc1cc(C(=O)[O-])sc1Cl. The van der Waals surface area contributed by atoms with Crippen molar-refractivity contribution in [3.8, 4) is 0 Å². The minimum absolute atomic E-state index is 0.183. The fraction of sp³-hybridized carbons (Fsp3) is 0.167. The Balaban J connectivity index is 3.10. The molecule has 54 valence electrons. The van der Waals surface area contributed by atoms with Crippen LogP contribution in [0.5, 0.6) is 0 Å². The van der Waals surface area contributed by atoms with Crippen LogP contribution in [0.15, 0.2) is 6.07 Å². The van der Waals surface area contributed by atoms with Gasteiger partial charge in [0.25, 0.3) is 0 Å². The van der Waals surface area contributed by atoms with Crippen molar-refractivity contribution in [2.75, 3.05) is 0 Å². The first-order chi connectivity index (χ1) is 4.61. The lowest BCUT2D eigenvalue weighted by Crippen LogP contribution is -2.20. The van der Waals surface area contributed by atoms with Crippen LogP contribution >= 0.6 is 22.9 Å². The quantitative estimate of drug-likeness (QED) is 0.641. The maximum absolute atomic E-state index is 10.2. The minimum Gasteiger partial charge on any atom is -0.544 e. The molecule has 1 aromatic heterocycles. The fourth-order valence-electron chi connectivity index (χ4n) is 0.560. The number of aryl methyl sites for hydroxylation is 1. The van der Waals surface area contributed by atoms with Crippen molar-refractivity contribution in [1.29, 1.82) is 0 Å². The van der Waals surface area contributed by atoms with E-state index in [1.807, 2.05) is 0 Å². The minimum atomic E-state index is -1.17. The number of halogens is 1. The van der Waals surface area contributed by atoms with Gasteiger partial charge in [-0.25, -0.2) is 0 Å². The highest BCUT2D eigenvalue weighted by Crippen LogP contribution is 2.25. The average molecular weight is 176 g/mol. The van der Waals surface area contributed by atoms with Crippen LogP contribution in [0.2, 0.25) is 4.34 Å². The zero-order chi connectivity index (χ0) is 7.72. The van der Waals surface area contributed by atoms with Crippen molar-refractivity contribution in [2.24, 2.45) is 0 Å². The fourth-order valence-corrected chi connectivity index (χ4v) is 1.60. The highest BCUT2D eigenvalue weighted by Gasteiger charge is 2.02. The maximum atomic E-state index is 10.2. The van der Waals surface area contributed by atoms with Crippen molar-refractivity contribution >= 4 is 28.9 Å². The summed E-state index contributed by atoms with van der Waals surface area (Å²) in [4.78, 5) is 10.4. The lowest BCUT2D eigenvalue weighted by Gasteiger charge is -1.92. The monoisotopic (exact) mass is 175 g/mol. The van der Waals surface area contributed by atoms with E-state index in [9.17, 15) is 9.90 Å². The molecule has 4 heteroatoms. The van der Waals surface area contributed by atoms with E-state index in [4.69, 9.17) is 11.6 Å².